The van der Waals surface area contributed by atoms with Crippen LogP contribution in [0.3, 0.4) is 0 Å². The van der Waals surface area contributed by atoms with Crippen LogP contribution in [0.1, 0.15) is 37.7 Å². The molecule has 2 unspecified atom stereocenters. The summed E-state index contributed by atoms with van der Waals surface area (Å²) in [7, 11) is 0. The number of anilines is 2. The van der Waals surface area contributed by atoms with E-state index in [1.165, 1.54) is 0 Å². The van der Waals surface area contributed by atoms with E-state index in [1.807, 2.05) is 48.5 Å². The van der Waals surface area contributed by atoms with Crippen molar-refractivity contribution in [3.63, 3.8) is 0 Å². The minimum absolute atomic E-state index is 0. The Labute approximate surface area is 166 Å². The van der Waals surface area contributed by atoms with Gasteiger partial charge in [-0.05, 0) is 61.6 Å². The molecule has 0 aliphatic heterocycles. The number of nitrogens with one attached hydrogen (secondary N) is 1. The van der Waals surface area contributed by atoms with Crippen LogP contribution in [0.5, 0.6) is 5.75 Å². The van der Waals surface area contributed by atoms with Crippen molar-refractivity contribution >= 4 is 29.7 Å². The van der Waals surface area contributed by atoms with E-state index in [0.29, 0.717) is 24.3 Å². The highest BCUT2D eigenvalue weighted by Crippen LogP contribution is 2.25. The summed E-state index contributed by atoms with van der Waals surface area (Å²) >= 11 is 0. The normalized spacial score (nSPS) is 19.0. The molecule has 1 fully saturated rings. The Morgan fingerprint density at radius 2 is 1.81 bits per heavy atom. The minimum atomic E-state index is -0.395. The van der Waals surface area contributed by atoms with Crippen LogP contribution in [0.15, 0.2) is 48.5 Å². The van der Waals surface area contributed by atoms with Gasteiger partial charge in [0.25, 0.3) is 0 Å². The van der Waals surface area contributed by atoms with Gasteiger partial charge in [0.2, 0.25) is 5.91 Å². The number of para-hydroxylation sites is 1. The van der Waals surface area contributed by atoms with E-state index in [-0.39, 0.29) is 24.4 Å². The van der Waals surface area contributed by atoms with Crippen LogP contribution in [-0.4, -0.2) is 23.2 Å². The lowest BCUT2D eigenvalue weighted by molar-refractivity contribution is -0.116. The summed E-state index contributed by atoms with van der Waals surface area (Å²) in [6.45, 7) is 0. The molecule has 1 saturated carbocycles. The summed E-state index contributed by atoms with van der Waals surface area (Å²) in [5, 5.41) is 12.9. The lowest BCUT2D eigenvalue weighted by Crippen LogP contribution is -2.34. The van der Waals surface area contributed by atoms with Gasteiger partial charge in [-0.3, -0.25) is 4.79 Å². The minimum Gasteiger partial charge on any atom is -0.488 e. The van der Waals surface area contributed by atoms with Gasteiger partial charge in [0.15, 0.2) is 0 Å². The Bertz CT molecular complexity index is 736. The molecule has 5 nitrogen and oxygen atoms in total. The Kier molecular flexibility index (Phi) is 7.95. The zero-order valence-corrected chi connectivity index (χ0v) is 16.1. The van der Waals surface area contributed by atoms with Crippen LogP contribution < -0.4 is 15.8 Å². The largest absolute Gasteiger partial charge is 0.488 e. The van der Waals surface area contributed by atoms with E-state index < -0.39 is 6.10 Å². The van der Waals surface area contributed by atoms with Gasteiger partial charge in [-0.25, -0.2) is 0 Å². The summed E-state index contributed by atoms with van der Waals surface area (Å²) in [5.74, 6) is 0.663. The van der Waals surface area contributed by atoms with Crippen molar-refractivity contribution in [1.29, 1.82) is 0 Å². The fraction of sp³-hybridized carbons (Fsp3) is 0.381. The predicted molar refractivity (Wildman–Crippen MR) is 110 cm³/mol. The second kappa shape index (κ2) is 10.2. The molecule has 2 aromatic rings. The quantitative estimate of drug-likeness (QED) is 0.652. The number of nitrogens with two attached hydrogens (primary N) is 1. The van der Waals surface area contributed by atoms with Gasteiger partial charge in [0.05, 0.1) is 6.10 Å². The van der Waals surface area contributed by atoms with Crippen molar-refractivity contribution in [3.05, 3.63) is 54.1 Å². The molecule has 0 saturated heterocycles. The fourth-order valence-corrected chi connectivity index (χ4v) is 3.24. The molecule has 0 radical (unpaired) electrons. The van der Waals surface area contributed by atoms with Crippen molar-refractivity contribution in [2.75, 3.05) is 11.1 Å². The van der Waals surface area contributed by atoms with Crippen molar-refractivity contribution in [3.8, 4) is 5.75 Å². The van der Waals surface area contributed by atoms with Crippen molar-refractivity contribution < 1.29 is 14.6 Å². The topological polar surface area (TPSA) is 84.6 Å². The van der Waals surface area contributed by atoms with Gasteiger partial charge >= 0.3 is 0 Å². The number of aryl methyl sites for hydroxylation is 1. The smallest absolute Gasteiger partial charge is 0.224 e. The number of nitrogen functional groups attached to an aromatic ring is 1. The van der Waals surface area contributed by atoms with Gasteiger partial charge in [0.1, 0.15) is 11.9 Å². The first-order valence-corrected chi connectivity index (χ1v) is 9.20. The van der Waals surface area contributed by atoms with Gasteiger partial charge in [-0.2, -0.15) is 0 Å². The standard InChI is InChI=1S/C21H26N2O3.ClH/c22-18-6-2-1-5-15(18)9-14-21(25)23-16-10-12-17(13-11-16)26-20-8-4-3-7-19(20)24;/h1-2,5-6,10-13,19-20,24H,3-4,7-9,14,22H2,(H,23,25);1H. The maximum absolute atomic E-state index is 12.1. The first kappa shape index (κ1) is 21.1. The van der Waals surface area contributed by atoms with E-state index in [2.05, 4.69) is 5.32 Å². The zero-order valence-electron chi connectivity index (χ0n) is 15.3. The number of aliphatic hydroxyl groups excluding tert-OH is 1. The molecule has 0 aromatic heterocycles. The molecule has 27 heavy (non-hydrogen) atoms. The summed E-state index contributed by atoms with van der Waals surface area (Å²) in [4.78, 5) is 12.1. The van der Waals surface area contributed by atoms with Crippen LogP contribution >= 0.6 is 12.4 Å². The van der Waals surface area contributed by atoms with E-state index in [9.17, 15) is 9.90 Å². The number of benzene rings is 2. The zero-order chi connectivity index (χ0) is 18.4. The Balaban J connectivity index is 0.00000261. The highest BCUT2D eigenvalue weighted by Gasteiger charge is 2.24. The summed E-state index contributed by atoms with van der Waals surface area (Å²) in [5.41, 5.74) is 8.33. The van der Waals surface area contributed by atoms with Gasteiger partial charge in [0, 0.05) is 17.8 Å². The molecule has 4 N–H and O–H groups in total. The Morgan fingerprint density at radius 1 is 1.11 bits per heavy atom. The lowest BCUT2D eigenvalue weighted by Gasteiger charge is -2.28. The molecule has 3 rings (SSSR count). The molecule has 146 valence electrons. The fourth-order valence-electron chi connectivity index (χ4n) is 3.24. The van der Waals surface area contributed by atoms with Crippen LogP contribution in [0.2, 0.25) is 0 Å². The number of halogens is 1. The van der Waals surface area contributed by atoms with Crippen LogP contribution in [0.4, 0.5) is 11.4 Å². The number of hydrogen-bond acceptors (Lipinski definition) is 4. The average Bonchev–Trinajstić information content (AvgIpc) is 2.64. The van der Waals surface area contributed by atoms with Crippen LogP contribution in [-0.2, 0) is 11.2 Å². The Morgan fingerprint density at radius 3 is 2.52 bits per heavy atom. The molecule has 6 heteroatoms. The van der Waals surface area contributed by atoms with Crippen LogP contribution in [0.25, 0.3) is 0 Å². The molecule has 2 aromatic carbocycles. The summed E-state index contributed by atoms with van der Waals surface area (Å²) in [6.07, 6.45) is 4.27. The second-order valence-corrected chi connectivity index (χ2v) is 6.78. The van der Waals surface area contributed by atoms with E-state index >= 15 is 0 Å². The maximum Gasteiger partial charge on any atom is 0.224 e. The number of carbonyl (C=O) groups is 1. The van der Waals surface area contributed by atoms with Gasteiger partial charge < -0.3 is 20.9 Å². The van der Waals surface area contributed by atoms with E-state index in [1.54, 1.807) is 0 Å². The van der Waals surface area contributed by atoms with Crippen molar-refractivity contribution in [2.24, 2.45) is 0 Å². The van der Waals surface area contributed by atoms with Gasteiger partial charge in [-0.1, -0.05) is 24.6 Å². The predicted octanol–water partition coefficient (Wildman–Crippen LogP) is 3.94. The van der Waals surface area contributed by atoms with Gasteiger partial charge in [-0.15, -0.1) is 12.4 Å². The molecule has 0 bridgehead atoms. The number of carbonyl (C=O) groups excluding carboxylic acids is 1. The molecule has 1 amide bonds. The second-order valence-electron chi connectivity index (χ2n) is 6.78. The number of aliphatic hydroxyl groups is 1. The number of amides is 1. The maximum atomic E-state index is 12.1. The highest BCUT2D eigenvalue weighted by atomic mass is 35.5. The number of rotatable bonds is 6. The number of ether oxygens (including phenoxy) is 1. The molecule has 1 aliphatic rings. The molecule has 0 heterocycles. The van der Waals surface area contributed by atoms with E-state index in [0.717, 1.165) is 36.9 Å². The molecular formula is C21H27ClN2O3. The first-order valence-electron chi connectivity index (χ1n) is 9.20. The van der Waals surface area contributed by atoms with Crippen molar-refractivity contribution in [1.82, 2.24) is 0 Å². The molecular weight excluding hydrogens is 364 g/mol. The lowest BCUT2D eigenvalue weighted by atomic mass is 9.95. The number of hydrogen-bond donors (Lipinski definition) is 3. The van der Waals surface area contributed by atoms with Crippen molar-refractivity contribution in [2.45, 2.75) is 50.7 Å². The first-order chi connectivity index (χ1) is 12.6. The van der Waals surface area contributed by atoms with Crippen LogP contribution in [0, 0.1) is 0 Å². The molecule has 1 aliphatic carbocycles. The third-order valence-corrected chi connectivity index (χ3v) is 4.77. The highest BCUT2D eigenvalue weighted by molar-refractivity contribution is 5.91. The SMILES string of the molecule is Cl.Nc1ccccc1CCC(=O)Nc1ccc(OC2CCCCC2O)cc1. The van der Waals surface area contributed by atoms with E-state index in [4.69, 9.17) is 10.5 Å². The summed E-state index contributed by atoms with van der Waals surface area (Å²) < 4.78 is 5.87. The summed E-state index contributed by atoms with van der Waals surface area (Å²) in [6, 6.07) is 14.9. The third kappa shape index (κ3) is 6.15. The monoisotopic (exact) mass is 390 g/mol. The third-order valence-electron chi connectivity index (χ3n) is 4.77. The Hall–Kier alpha value is -2.24. The molecule has 0 spiro atoms. The average molecular weight is 391 g/mol. The molecule has 2 atom stereocenters.